The average molecular weight is 219 g/mol. The van der Waals surface area contributed by atoms with E-state index >= 15 is 0 Å². The summed E-state index contributed by atoms with van der Waals surface area (Å²) in [4.78, 5) is 4.04. The van der Waals surface area contributed by atoms with Gasteiger partial charge in [-0.1, -0.05) is 0 Å². The monoisotopic (exact) mass is 219 g/mol. The summed E-state index contributed by atoms with van der Waals surface area (Å²) in [6.45, 7) is 1.94. The topological polar surface area (TPSA) is 119 Å². The predicted octanol–water partition coefficient (Wildman–Crippen LogP) is -0.357. The smallest absolute Gasteiger partial charge is 0.128 e. The van der Waals surface area contributed by atoms with Gasteiger partial charge in [-0.05, 0) is 18.6 Å². The van der Waals surface area contributed by atoms with E-state index in [0.29, 0.717) is 11.5 Å². The Morgan fingerprint density at radius 3 is 2.88 bits per heavy atom. The van der Waals surface area contributed by atoms with Gasteiger partial charge in [0.25, 0.3) is 0 Å². The lowest BCUT2D eigenvalue weighted by Gasteiger charge is -2.17. The van der Waals surface area contributed by atoms with E-state index in [1.165, 1.54) is 0 Å². The van der Waals surface area contributed by atoms with E-state index in [1.54, 1.807) is 12.4 Å². The molecular weight excluding hydrogens is 206 g/mol. The quantitative estimate of drug-likeness (QED) is 0.413. The van der Waals surface area contributed by atoms with E-state index in [9.17, 15) is 0 Å². The Balaban J connectivity index is 2.49. The molecule has 0 aliphatic rings. The number of nitrogens with two attached hydrogens (primary N) is 2. The highest BCUT2D eigenvalue weighted by Gasteiger charge is 2.20. The van der Waals surface area contributed by atoms with Gasteiger partial charge in [-0.15, -0.1) is 0 Å². The lowest BCUT2D eigenvalue weighted by Crippen LogP contribution is -2.30. The van der Waals surface area contributed by atoms with Gasteiger partial charge in [0, 0.05) is 11.8 Å². The summed E-state index contributed by atoms with van der Waals surface area (Å²) >= 11 is 0. The first-order valence-electron chi connectivity index (χ1n) is 4.76. The molecule has 2 aromatic heterocycles. The summed E-state index contributed by atoms with van der Waals surface area (Å²) in [5.41, 5.74) is 11.0. The average Bonchev–Trinajstić information content (AvgIpc) is 2.77. The molecule has 0 aromatic carbocycles. The number of H-pyrrole nitrogens is 1. The molecule has 2 rings (SSSR count). The fraction of sp³-hybridized carbons (Fsp3) is 0.222. The second kappa shape index (κ2) is 4.25. The van der Waals surface area contributed by atoms with E-state index in [-0.39, 0.29) is 6.04 Å². The van der Waals surface area contributed by atoms with E-state index < -0.39 is 0 Å². The number of hydrogen-bond donors (Lipinski definition) is 4. The number of hydrazine groups is 1. The van der Waals surface area contributed by atoms with Gasteiger partial charge in [0.05, 0.1) is 12.2 Å². The zero-order valence-electron chi connectivity index (χ0n) is 8.81. The Morgan fingerprint density at radius 2 is 2.31 bits per heavy atom. The van der Waals surface area contributed by atoms with Crippen molar-refractivity contribution in [2.75, 3.05) is 5.73 Å². The highest BCUT2D eigenvalue weighted by atomic mass is 15.3. The van der Waals surface area contributed by atoms with Crippen LogP contribution in [0.4, 0.5) is 5.82 Å². The largest absolute Gasteiger partial charge is 0.383 e. The predicted molar refractivity (Wildman–Crippen MR) is 58.9 cm³/mol. The van der Waals surface area contributed by atoms with Crippen LogP contribution in [-0.2, 0) is 0 Å². The standard InChI is InChI=1S/C9H13N7/c1-5-2-3-12-9(10)7(5)8(14-11)6-4-13-16-15-6/h2-4,8,14H,11H2,1H3,(H2,10,12)(H,13,15,16). The fourth-order valence-corrected chi connectivity index (χ4v) is 1.63. The summed E-state index contributed by atoms with van der Waals surface area (Å²) in [7, 11) is 0. The Morgan fingerprint density at radius 1 is 1.50 bits per heavy atom. The normalized spacial score (nSPS) is 12.6. The summed E-state index contributed by atoms with van der Waals surface area (Å²) in [6, 6.07) is 1.56. The van der Waals surface area contributed by atoms with Crippen molar-refractivity contribution in [1.82, 2.24) is 25.8 Å². The maximum absolute atomic E-state index is 5.84. The van der Waals surface area contributed by atoms with Gasteiger partial charge in [-0.3, -0.25) is 5.84 Å². The van der Waals surface area contributed by atoms with Crippen LogP contribution in [0, 0.1) is 6.92 Å². The molecule has 1 unspecified atom stereocenters. The van der Waals surface area contributed by atoms with Gasteiger partial charge in [0.2, 0.25) is 0 Å². The van der Waals surface area contributed by atoms with Gasteiger partial charge in [-0.2, -0.15) is 15.4 Å². The van der Waals surface area contributed by atoms with Crippen LogP contribution in [0.3, 0.4) is 0 Å². The molecule has 0 spiro atoms. The highest BCUT2D eigenvalue weighted by Crippen LogP contribution is 2.25. The lowest BCUT2D eigenvalue weighted by atomic mass is 10.0. The number of pyridine rings is 1. The van der Waals surface area contributed by atoms with E-state index in [4.69, 9.17) is 11.6 Å². The van der Waals surface area contributed by atoms with Crippen LogP contribution in [0.15, 0.2) is 18.5 Å². The molecule has 0 aliphatic heterocycles. The van der Waals surface area contributed by atoms with Crippen LogP contribution >= 0.6 is 0 Å². The van der Waals surface area contributed by atoms with Crippen molar-refractivity contribution in [3.8, 4) is 0 Å². The number of aromatic amines is 1. The minimum absolute atomic E-state index is 0.313. The van der Waals surface area contributed by atoms with Gasteiger partial charge in [0.1, 0.15) is 11.5 Å². The van der Waals surface area contributed by atoms with Crippen molar-refractivity contribution in [2.24, 2.45) is 5.84 Å². The van der Waals surface area contributed by atoms with E-state index in [0.717, 1.165) is 11.1 Å². The number of aryl methyl sites for hydroxylation is 1. The van der Waals surface area contributed by atoms with Crippen LogP contribution in [0.2, 0.25) is 0 Å². The zero-order valence-corrected chi connectivity index (χ0v) is 8.81. The van der Waals surface area contributed by atoms with Gasteiger partial charge < -0.3 is 5.73 Å². The summed E-state index contributed by atoms with van der Waals surface area (Å²) < 4.78 is 0. The highest BCUT2D eigenvalue weighted by molar-refractivity contribution is 5.48. The Labute approximate surface area is 92.2 Å². The van der Waals surface area contributed by atoms with Gasteiger partial charge in [-0.25, -0.2) is 10.4 Å². The van der Waals surface area contributed by atoms with Crippen LogP contribution in [0.25, 0.3) is 0 Å². The zero-order chi connectivity index (χ0) is 11.5. The number of nitrogens with zero attached hydrogens (tertiary/aromatic N) is 3. The molecule has 0 saturated carbocycles. The van der Waals surface area contributed by atoms with Crippen LogP contribution < -0.4 is 17.0 Å². The Bertz CT molecular complexity index is 444. The van der Waals surface area contributed by atoms with E-state index in [1.807, 2.05) is 13.0 Å². The van der Waals surface area contributed by atoms with Crippen LogP contribution in [0.5, 0.6) is 0 Å². The van der Waals surface area contributed by atoms with Gasteiger partial charge >= 0.3 is 0 Å². The molecule has 2 heterocycles. The Kier molecular flexibility index (Phi) is 2.80. The number of anilines is 1. The maximum Gasteiger partial charge on any atom is 0.128 e. The molecule has 0 bridgehead atoms. The van der Waals surface area contributed by atoms with Crippen LogP contribution in [-0.4, -0.2) is 20.4 Å². The molecule has 16 heavy (non-hydrogen) atoms. The molecule has 0 fully saturated rings. The second-order valence-corrected chi connectivity index (χ2v) is 3.42. The minimum atomic E-state index is -0.313. The third-order valence-corrected chi connectivity index (χ3v) is 2.42. The van der Waals surface area contributed by atoms with E-state index in [2.05, 4.69) is 25.8 Å². The summed E-state index contributed by atoms with van der Waals surface area (Å²) in [5.74, 6) is 5.95. The molecule has 0 amide bonds. The fourth-order valence-electron chi connectivity index (χ4n) is 1.63. The van der Waals surface area contributed by atoms with Crippen molar-refractivity contribution in [1.29, 1.82) is 0 Å². The van der Waals surface area contributed by atoms with Gasteiger partial charge in [0.15, 0.2) is 0 Å². The molecule has 84 valence electrons. The number of aromatic nitrogens is 4. The number of rotatable bonds is 3. The summed E-state index contributed by atoms with van der Waals surface area (Å²) in [6.07, 6.45) is 3.25. The third-order valence-electron chi connectivity index (χ3n) is 2.42. The first kappa shape index (κ1) is 10.5. The SMILES string of the molecule is Cc1ccnc(N)c1C(NN)c1cn[nH]n1. The molecule has 0 saturated heterocycles. The van der Waals surface area contributed by atoms with Crippen molar-refractivity contribution in [3.63, 3.8) is 0 Å². The molecule has 2 aromatic rings. The Hall–Kier alpha value is -1.99. The van der Waals surface area contributed by atoms with Crippen molar-refractivity contribution in [3.05, 3.63) is 35.3 Å². The number of hydrogen-bond acceptors (Lipinski definition) is 6. The van der Waals surface area contributed by atoms with Crippen molar-refractivity contribution in [2.45, 2.75) is 13.0 Å². The minimum Gasteiger partial charge on any atom is -0.383 e. The third kappa shape index (κ3) is 1.73. The maximum atomic E-state index is 5.84. The summed E-state index contributed by atoms with van der Waals surface area (Å²) in [5, 5.41) is 10.3. The first-order valence-corrected chi connectivity index (χ1v) is 4.76. The number of nitrogen functional groups attached to an aromatic ring is 1. The second-order valence-electron chi connectivity index (χ2n) is 3.42. The van der Waals surface area contributed by atoms with Crippen molar-refractivity contribution < 1.29 is 0 Å². The van der Waals surface area contributed by atoms with Crippen molar-refractivity contribution >= 4 is 5.82 Å². The molecule has 0 aliphatic carbocycles. The molecule has 1 atom stereocenters. The number of nitrogens with one attached hydrogen (secondary N) is 2. The molecule has 0 radical (unpaired) electrons. The molecule has 7 nitrogen and oxygen atoms in total. The first-order chi connectivity index (χ1) is 7.74. The molecular formula is C9H13N7. The van der Waals surface area contributed by atoms with Crippen LogP contribution in [0.1, 0.15) is 22.9 Å². The lowest BCUT2D eigenvalue weighted by molar-refractivity contribution is 0.615. The molecule has 6 N–H and O–H groups in total. The molecule has 7 heteroatoms.